The average Bonchev–Trinajstić information content (AvgIpc) is 2.18. The average molecular weight is 296 g/mol. The zero-order chi connectivity index (χ0) is 12.2. The highest BCUT2D eigenvalue weighted by Gasteiger charge is 2.31. The summed E-state index contributed by atoms with van der Waals surface area (Å²) in [5, 5.41) is 2.69. The summed E-state index contributed by atoms with van der Waals surface area (Å²) in [5.41, 5.74) is 0.881. The summed E-state index contributed by atoms with van der Waals surface area (Å²) in [6.45, 7) is 0. The van der Waals surface area contributed by atoms with Gasteiger partial charge in [-0.3, -0.25) is 0 Å². The van der Waals surface area contributed by atoms with Crippen molar-refractivity contribution in [2.24, 2.45) is 0 Å². The van der Waals surface area contributed by atoms with E-state index in [4.69, 9.17) is 0 Å². The molecule has 1 aromatic carbocycles. The Labute approximate surface area is 101 Å². The number of benzene rings is 1. The Morgan fingerprint density at radius 1 is 1.31 bits per heavy atom. The third kappa shape index (κ3) is 4.53. The van der Waals surface area contributed by atoms with Gasteiger partial charge in [0.1, 0.15) is 0 Å². The zero-order valence-electron chi connectivity index (χ0n) is 8.81. The summed E-state index contributed by atoms with van der Waals surface area (Å²) in [4.78, 5) is 0. The molecule has 0 aromatic heterocycles. The maximum atomic E-state index is 12.2. The van der Waals surface area contributed by atoms with E-state index >= 15 is 0 Å². The second-order valence-corrected chi connectivity index (χ2v) is 4.45. The summed E-state index contributed by atoms with van der Waals surface area (Å²) >= 11 is 3.32. The van der Waals surface area contributed by atoms with Crippen LogP contribution in [0.4, 0.5) is 13.2 Å². The number of alkyl halides is 3. The summed E-state index contributed by atoms with van der Waals surface area (Å²) < 4.78 is 37.6. The van der Waals surface area contributed by atoms with Crippen molar-refractivity contribution in [2.45, 2.75) is 25.1 Å². The Kier molecular flexibility index (Phi) is 4.80. The lowest BCUT2D eigenvalue weighted by Crippen LogP contribution is -2.33. The smallest absolute Gasteiger partial charge is 0.316 e. The monoisotopic (exact) mass is 295 g/mol. The fourth-order valence-corrected chi connectivity index (χ4v) is 1.93. The number of hydrogen-bond donors (Lipinski definition) is 1. The highest BCUT2D eigenvalue weighted by atomic mass is 79.9. The molecule has 1 N–H and O–H groups in total. The fourth-order valence-electron chi connectivity index (χ4n) is 1.49. The molecular weight excluding hydrogens is 283 g/mol. The SMILES string of the molecule is CNC(Cc1ccccc1Br)CC(F)(F)F. The molecule has 1 aromatic rings. The minimum Gasteiger partial charge on any atom is -0.316 e. The van der Waals surface area contributed by atoms with E-state index in [0.29, 0.717) is 6.42 Å². The first-order valence-corrected chi connectivity index (χ1v) is 5.69. The number of nitrogens with one attached hydrogen (secondary N) is 1. The van der Waals surface area contributed by atoms with E-state index in [9.17, 15) is 13.2 Å². The van der Waals surface area contributed by atoms with E-state index in [1.165, 1.54) is 0 Å². The Balaban J connectivity index is 2.67. The minimum absolute atomic E-state index is 0.359. The van der Waals surface area contributed by atoms with Gasteiger partial charge in [-0.1, -0.05) is 34.1 Å². The van der Waals surface area contributed by atoms with Crippen LogP contribution in [-0.2, 0) is 6.42 Å². The molecule has 5 heteroatoms. The summed E-state index contributed by atoms with van der Waals surface area (Å²) in [7, 11) is 1.55. The molecule has 0 radical (unpaired) electrons. The highest BCUT2D eigenvalue weighted by Crippen LogP contribution is 2.25. The van der Waals surface area contributed by atoms with Gasteiger partial charge >= 0.3 is 6.18 Å². The molecule has 0 saturated heterocycles. The van der Waals surface area contributed by atoms with E-state index < -0.39 is 18.6 Å². The van der Waals surface area contributed by atoms with Crippen molar-refractivity contribution >= 4 is 15.9 Å². The van der Waals surface area contributed by atoms with Gasteiger partial charge in [-0.05, 0) is 25.1 Å². The van der Waals surface area contributed by atoms with E-state index in [-0.39, 0.29) is 0 Å². The van der Waals surface area contributed by atoms with Crippen LogP contribution in [0.2, 0.25) is 0 Å². The lowest BCUT2D eigenvalue weighted by Gasteiger charge is -2.18. The van der Waals surface area contributed by atoms with Crippen LogP contribution in [0, 0.1) is 0 Å². The molecule has 0 heterocycles. The number of hydrogen-bond acceptors (Lipinski definition) is 1. The molecule has 90 valence electrons. The van der Waals surface area contributed by atoms with Crippen molar-refractivity contribution in [2.75, 3.05) is 7.05 Å². The topological polar surface area (TPSA) is 12.0 Å². The molecule has 0 saturated carbocycles. The lowest BCUT2D eigenvalue weighted by atomic mass is 10.0. The van der Waals surface area contributed by atoms with Crippen molar-refractivity contribution in [1.82, 2.24) is 5.32 Å². The molecule has 0 aliphatic rings. The van der Waals surface area contributed by atoms with Crippen LogP contribution >= 0.6 is 15.9 Å². The Bertz CT molecular complexity index is 338. The van der Waals surface area contributed by atoms with Gasteiger partial charge in [-0.2, -0.15) is 13.2 Å². The molecule has 0 fully saturated rings. The lowest BCUT2D eigenvalue weighted by molar-refractivity contribution is -0.139. The van der Waals surface area contributed by atoms with Crippen molar-refractivity contribution in [1.29, 1.82) is 0 Å². The zero-order valence-corrected chi connectivity index (χ0v) is 10.4. The van der Waals surface area contributed by atoms with Crippen LogP contribution in [0.3, 0.4) is 0 Å². The Morgan fingerprint density at radius 2 is 1.94 bits per heavy atom. The largest absolute Gasteiger partial charge is 0.390 e. The predicted molar refractivity (Wildman–Crippen MR) is 61.4 cm³/mol. The minimum atomic E-state index is -4.13. The normalized spacial score (nSPS) is 13.8. The van der Waals surface area contributed by atoms with Crippen LogP contribution < -0.4 is 5.32 Å². The first-order chi connectivity index (χ1) is 7.42. The van der Waals surface area contributed by atoms with Crippen molar-refractivity contribution in [3.05, 3.63) is 34.3 Å². The summed E-state index contributed by atoms with van der Waals surface area (Å²) in [6.07, 6.45) is -4.59. The van der Waals surface area contributed by atoms with Crippen molar-refractivity contribution < 1.29 is 13.2 Å². The van der Waals surface area contributed by atoms with Gasteiger partial charge in [-0.25, -0.2) is 0 Å². The van der Waals surface area contributed by atoms with Gasteiger partial charge in [0, 0.05) is 10.5 Å². The fraction of sp³-hybridized carbons (Fsp3) is 0.455. The second kappa shape index (κ2) is 5.68. The summed E-state index contributed by atoms with van der Waals surface area (Å²) in [5.74, 6) is 0. The number of likely N-dealkylation sites (N-methyl/N-ethyl adjacent to an activating group) is 1. The molecule has 0 bridgehead atoms. The molecule has 1 nitrogen and oxygen atoms in total. The first-order valence-electron chi connectivity index (χ1n) is 4.90. The highest BCUT2D eigenvalue weighted by molar-refractivity contribution is 9.10. The predicted octanol–water partition coefficient (Wildman–Crippen LogP) is 3.53. The van der Waals surface area contributed by atoms with Gasteiger partial charge < -0.3 is 5.32 Å². The van der Waals surface area contributed by atoms with Gasteiger partial charge in [0.05, 0.1) is 6.42 Å². The van der Waals surface area contributed by atoms with Crippen molar-refractivity contribution in [3.63, 3.8) is 0 Å². The van der Waals surface area contributed by atoms with E-state index in [1.54, 1.807) is 7.05 Å². The second-order valence-electron chi connectivity index (χ2n) is 3.60. The third-order valence-electron chi connectivity index (χ3n) is 2.31. The van der Waals surface area contributed by atoms with Crippen molar-refractivity contribution in [3.8, 4) is 0 Å². The molecule has 1 rings (SSSR count). The van der Waals surface area contributed by atoms with Gasteiger partial charge in [0.15, 0.2) is 0 Å². The number of halogens is 4. The maximum absolute atomic E-state index is 12.2. The van der Waals surface area contributed by atoms with Crippen LogP contribution in [-0.4, -0.2) is 19.3 Å². The number of rotatable bonds is 4. The van der Waals surface area contributed by atoms with Crippen LogP contribution in [0.15, 0.2) is 28.7 Å². The quantitative estimate of drug-likeness (QED) is 0.896. The van der Waals surface area contributed by atoms with E-state index in [1.807, 2.05) is 24.3 Å². The molecule has 16 heavy (non-hydrogen) atoms. The molecule has 0 aliphatic carbocycles. The first kappa shape index (κ1) is 13.5. The summed E-state index contributed by atoms with van der Waals surface area (Å²) in [6, 6.07) is 6.73. The van der Waals surface area contributed by atoms with Crippen LogP contribution in [0.5, 0.6) is 0 Å². The molecular formula is C11H13BrF3N. The van der Waals surface area contributed by atoms with Crippen LogP contribution in [0.25, 0.3) is 0 Å². The maximum Gasteiger partial charge on any atom is 0.390 e. The third-order valence-corrected chi connectivity index (χ3v) is 3.08. The molecule has 0 spiro atoms. The van der Waals surface area contributed by atoms with Crippen LogP contribution in [0.1, 0.15) is 12.0 Å². The van der Waals surface area contributed by atoms with E-state index in [2.05, 4.69) is 21.2 Å². The molecule has 1 unspecified atom stereocenters. The van der Waals surface area contributed by atoms with Gasteiger partial charge in [0.2, 0.25) is 0 Å². The van der Waals surface area contributed by atoms with Gasteiger partial charge in [-0.15, -0.1) is 0 Å². The Hall–Kier alpha value is -0.550. The van der Waals surface area contributed by atoms with Gasteiger partial charge in [0.25, 0.3) is 0 Å². The Morgan fingerprint density at radius 3 is 2.44 bits per heavy atom. The van der Waals surface area contributed by atoms with E-state index in [0.717, 1.165) is 10.0 Å². The molecule has 0 amide bonds. The molecule has 1 atom stereocenters. The molecule has 0 aliphatic heterocycles. The standard InChI is InChI=1S/C11H13BrF3N/c1-16-9(7-11(13,14)15)6-8-4-2-3-5-10(8)12/h2-5,9,16H,6-7H2,1H3.